The maximum Gasteiger partial charge on any atom is 0.257 e. The fourth-order valence-corrected chi connectivity index (χ4v) is 4.03. The second kappa shape index (κ2) is 11.7. The molecule has 0 aliphatic rings. The number of benzene rings is 1. The Balaban J connectivity index is 1.14. The van der Waals surface area contributed by atoms with E-state index in [1.54, 1.807) is 24.6 Å². The number of anilines is 1. The third kappa shape index (κ3) is 5.74. The molecule has 0 aliphatic heterocycles. The van der Waals surface area contributed by atoms with E-state index in [9.17, 15) is 4.79 Å². The van der Waals surface area contributed by atoms with E-state index in [2.05, 4.69) is 30.8 Å². The quantitative estimate of drug-likeness (QED) is 0.164. The lowest BCUT2D eigenvalue weighted by Crippen LogP contribution is -2.36. The first kappa shape index (κ1) is 25.2. The summed E-state index contributed by atoms with van der Waals surface area (Å²) in [5.74, 6) is 1.71. The number of aromatic nitrogens is 6. The lowest BCUT2D eigenvalue weighted by molar-refractivity contribution is -0.123. The number of aryl methyl sites for hydroxylation is 2. The van der Waals surface area contributed by atoms with E-state index >= 15 is 0 Å². The van der Waals surface area contributed by atoms with Crippen molar-refractivity contribution in [1.29, 1.82) is 0 Å². The molecule has 13 heteroatoms. The molecule has 1 amide bonds. The number of fused-ring (bicyclic) bond motifs is 3. The largest absolute Gasteiger partial charge is 0.484 e. The smallest absolute Gasteiger partial charge is 0.257 e. The van der Waals surface area contributed by atoms with Gasteiger partial charge < -0.3 is 31.3 Å². The minimum atomic E-state index is -0.162. The first-order valence-electron chi connectivity index (χ1n) is 12.4. The van der Waals surface area contributed by atoms with Crippen LogP contribution in [0.1, 0.15) is 12.0 Å². The lowest BCUT2D eigenvalue weighted by Gasteiger charge is -2.09. The van der Waals surface area contributed by atoms with Gasteiger partial charge in [0.1, 0.15) is 5.75 Å². The summed E-state index contributed by atoms with van der Waals surface area (Å²) in [7, 11) is 0. The second-order valence-electron chi connectivity index (χ2n) is 8.65. The predicted molar refractivity (Wildman–Crippen MR) is 141 cm³/mol. The van der Waals surface area contributed by atoms with Gasteiger partial charge in [0.25, 0.3) is 5.91 Å². The van der Waals surface area contributed by atoms with Crippen molar-refractivity contribution < 1.29 is 13.9 Å². The molecule has 4 heterocycles. The van der Waals surface area contributed by atoms with Gasteiger partial charge in [-0.1, -0.05) is 12.1 Å². The number of carbonyl (C=O) groups excluding carboxylic acids is 1. The average molecular weight is 519 g/mol. The maximum atomic E-state index is 11.9. The zero-order valence-corrected chi connectivity index (χ0v) is 20.8. The van der Waals surface area contributed by atoms with Crippen LogP contribution >= 0.6 is 0 Å². The van der Waals surface area contributed by atoms with E-state index in [0.717, 1.165) is 30.3 Å². The molecule has 13 nitrogen and oxygen atoms in total. The molecule has 198 valence electrons. The van der Waals surface area contributed by atoms with Crippen LogP contribution in [0.4, 0.5) is 5.95 Å². The highest BCUT2D eigenvalue weighted by atomic mass is 16.5. The van der Waals surface area contributed by atoms with Crippen molar-refractivity contribution in [3.63, 3.8) is 0 Å². The summed E-state index contributed by atoms with van der Waals surface area (Å²) >= 11 is 0. The summed E-state index contributed by atoms with van der Waals surface area (Å²) in [5.41, 5.74) is 14.0. The van der Waals surface area contributed by atoms with Crippen LogP contribution in [0.25, 0.3) is 28.3 Å². The Kier molecular flexibility index (Phi) is 7.75. The molecule has 0 unspecified atom stereocenters. The van der Waals surface area contributed by atoms with Gasteiger partial charge in [0, 0.05) is 32.7 Å². The number of rotatable bonds is 13. The van der Waals surface area contributed by atoms with Gasteiger partial charge in [-0.2, -0.15) is 14.6 Å². The third-order valence-corrected chi connectivity index (χ3v) is 5.91. The topological polar surface area (TPSA) is 176 Å². The molecule has 0 fully saturated rings. The molecule has 0 atom stereocenters. The molecule has 0 saturated carbocycles. The van der Waals surface area contributed by atoms with Gasteiger partial charge in [-0.05, 0) is 42.7 Å². The number of hydrogen-bond donors (Lipinski definition) is 4. The molecular weight excluding hydrogens is 488 g/mol. The zero-order chi connectivity index (χ0) is 26.3. The van der Waals surface area contributed by atoms with Gasteiger partial charge in [-0.15, -0.1) is 5.10 Å². The van der Waals surface area contributed by atoms with Crippen molar-refractivity contribution in [2.24, 2.45) is 5.73 Å². The monoisotopic (exact) mass is 518 g/mol. The predicted octanol–water partition coefficient (Wildman–Crippen LogP) is 0.992. The molecule has 0 saturated heterocycles. The van der Waals surface area contributed by atoms with Crippen molar-refractivity contribution in [3.8, 4) is 17.3 Å². The van der Waals surface area contributed by atoms with Crippen LogP contribution in [-0.4, -0.2) is 68.1 Å². The first-order chi connectivity index (χ1) is 18.6. The molecule has 0 radical (unpaired) electrons. The van der Waals surface area contributed by atoms with Crippen molar-refractivity contribution in [2.75, 3.05) is 38.5 Å². The van der Waals surface area contributed by atoms with Gasteiger partial charge in [0.2, 0.25) is 11.8 Å². The van der Waals surface area contributed by atoms with Crippen LogP contribution in [0.2, 0.25) is 0 Å². The molecule has 6 N–H and O–H groups in total. The highest BCUT2D eigenvalue weighted by Crippen LogP contribution is 2.23. The molecule has 0 spiro atoms. The van der Waals surface area contributed by atoms with E-state index in [1.807, 2.05) is 28.9 Å². The average Bonchev–Trinajstić information content (AvgIpc) is 3.68. The number of nitrogen functional groups attached to an aromatic ring is 1. The van der Waals surface area contributed by atoms with Gasteiger partial charge in [0.15, 0.2) is 23.7 Å². The molecule has 0 bridgehead atoms. The number of nitrogens with one attached hydrogen (secondary N) is 2. The van der Waals surface area contributed by atoms with Crippen molar-refractivity contribution in [3.05, 3.63) is 54.4 Å². The summed E-state index contributed by atoms with van der Waals surface area (Å²) in [6.07, 6.45) is 4.98. The van der Waals surface area contributed by atoms with Crippen LogP contribution in [0.15, 0.2) is 53.3 Å². The first-order valence-corrected chi connectivity index (χ1v) is 12.4. The highest BCUT2D eigenvalue weighted by molar-refractivity contribution is 5.90. The van der Waals surface area contributed by atoms with Crippen LogP contribution < -0.4 is 26.8 Å². The van der Waals surface area contributed by atoms with Gasteiger partial charge in [-0.3, -0.25) is 4.79 Å². The maximum absolute atomic E-state index is 11.9. The Hall–Kier alpha value is -4.49. The molecule has 5 aromatic rings. The summed E-state index contributed by atoms with van der Waals surface area (Å²) in [6.45, 7) is 3.13. The summed E-state index contributed by atoms with van der Waals surface area (Å²) < 4.78 is 14.3. The fraction of sp³-hybridized carbons (Fsp3) is 0.320. The number of hydrogen-bond acceptors (Lipinski definition) is 10. The lowest BCUT2D eigenvalue weighted by atomic mass is 10.1. The van der Waals surface area contributed by atoms with Gasteiger partial charge >= 0.3 is 0 Å². The Bertz CT molecular complexity index is 1490. The van der Waals surface area contributed by atoms with E-state index < -0.39 is 0 Å². The number of nitrogens with two attached hydrogens (primary N) is 2. The Morgan fingerprint density at radius 1 is 1.08 bits per heavy atom. The van der Waals surface area contributed by atoms with Crippen molar-refractivity contribution in [1.82, 2.24) is 40.0 Å². The zero-order valence-electron chi connectivity index (χ0n) is 20.8. The van der Waals surface area contributed by atoms with Crippen molar-refractivity contribution >= 4 is 28.5 Å². The molecule has 5 rings (SSSR count). The minimum Gasteiger partial charge on any atom is -0.484 e. The molecule has 4 aromatic heterocycles. The minimum absolute atomic E-state index is 0.0267. The molecule has 38 heavy (non-hydrogen) atoms. The Morgan fingerprint density at radius 3 is 2.74 bits per heavy atom. The number of furan rings is 1. The summed E-state index contributed by atoms with van der Waals surface area (Å²) in [5, 5.41) is 15.6. The summed E-state index contributed by atoms with van der Waals surface area (Å²) in [6, 6.07) is 11.3. The standard InChI is InChI=1S/C25H30N10O3/c26-9-10-28-11-12-29-21(36)16-38-18-7-5-17(6-8-18)3-1-13-34-23-19(15-30-34)24-31-22(20-4-2-14-37-20)33-35(24)25(27)32-23/h2,4-8,14-15,28H,1,3,9-13,16,26H2,(H2,27,32)(H,29,36). The third-order valence-electron chi connectivity index (χ3n) is 5.91. The fourth-order valence-electron chi connectivity index (χ4n) is 4.03. The molecule has 1 aromatic carbocycles. The van der Waals surface area contributed by atoms with Crippen LogP contribution in [-0.2, 0) is 17.8 Å². The van der Waals surface area contributed by atoms with E-state index in [1.165, 1.54) is 4.52 Å². The van der Waals surface area contributed by atoms with Gasteiger partial charge in [-0.25, -0.2) is 9.67 Å². The van der Waals surface area contributed by atoms with E-state index in [0.29, 0.717) is 54.8 Å². The van der Waals surface area contributed by atoms with Crippen LogP contribution in [0.3, 0.4) is 0 Å². The Labute approximate surface area is 218 Å². The van der Waals surface area contributed by atoms with E-state index in [4.69, 9.17) is 20.6 Å². The molecular formula is C25H30N10O3. The summed E-state index contributed by atoms with van der Waals surface area (Å²) in [4.78, 5) is 21.0. The Morgan fingerprint density at radius 2 is 1.95 bits per heavy atom. The number of carbonyl (C=O) groups is 1. The van der Waals surface area contributed by atoms with Crippen LogP contribution in [0, 0.1) is 0 Å². The van der Waals surface area contributed by atoms with Gasteiger partial charge in [0.05, 0.1) is 17.8 Å². The number of amides is 1. The van der Waals surface area contributed by atoms with E-state index in [-0.39, 0.29) is 18.5 Å². The number of ether oxygens (including phenoxy) is 1. The number of nitrogens with zero attached hydrogens (tertiary/aromatic N) is 6. The SMILES string of the molecule is NCCNCCNC(=O)COc1ccc(CCCn2ncc3c2nc(N)n2nc(-c4ccco4)nc32)cc1. The molecule has 0 aliphatic carbocycles. The normalized spacial score (nSPS) is 11.4. The second-order valence-corrected chi connectivity index (χ2v) is 8.65. The van der Waals surface area contributed by atoms with Crippen molar-refractivity contribution in [2.45, 2.75) is 19.4 Å². The van der Waals surface area contributed by atoms with Crippen LogP contribution in [0.5, 0.6) is 5.75 Å². The highest BCUT2D eigenvalue weighted by Gasteiger charge is 2.17.